The molecule has 2 saturated heterocycles. The van der Waals surface area contributed by atoms with Gasteiger partial charge in [-0.1, -0.05) is 25.7 Å². The van der Waals surface area contributed by atoms with Crippen LogP contribution in [0, 0.1) is 11.3 Å². The van der Waals surface area contributed by atoms with Gasteiger partial charge in [-0.3, -0.25) is 14.5 Å². The van der Waals surface area contributed by atoms with Crippen molar-refractivity contribution in [2.24, 2.45) is 18.4 Å². The number of likely N-dealkylation sites (tertiary alicyclic amines) is 2. The first-order valence-corrected chi connectivity index (χ1v) is 13.7. The van der Waals surface area contributed by atoms with Crippen LogP contribution in [0.2, 0.25) is 0 Å². The summed E-state index contributed by atoms with van der Waals surface area (Å²) in [5.41, 5.74) is 4.68. The number of allylic oxidation sites excluding steroid dienone is 2. The second kappa shape index (κ2) is 10.9. The molecule has 2 aromatic rings. The van der Waals surface area contributed by atoms with Crippen molar-refractivity contribution < 1.29 is 4.39 Å². The fraction of sp³-hybridized carbons (Fsp3) is 0.533. The Morgan fingerprint density at radius 2 is 1.89 bits per heavy atom. The maximum absolute atomic E-state index is 12.6. The summed E-state index contributed by atoms with van der Waals surface area (Å²) in [7, 11) is 2.02. The molecule has 0 aromatic carbocycles. The number of hydrogen-bond acceptors (Lipinski definition) is 5. The molecule has 2 aliphatic heterocycles. The second-order valence-corrected chi connectivity index (χ2v) is 11.3. The van der Waals surface area contributed by atoms with E-state index in [4.69, 9.17) is 0 Å². The van der Waals surface area contributed by atoms with Crippen LogP contribution >= 0.6 is 0 Å². The highest BCUT2D eigenvalue weighted by Gasteiger charge is 2.52. The molecule has 1 N–H and O–H groups in total. The average molecular weight is 505 g/mol. The van der Waals surface area contributed by atoms with Crippen molar-refractivity contribution in [3.63, 3.8) is 0 Å². The van der Waals surface area contributed by atoms with Gasteiger partial charge in [-0.15, -0.1) is 0 Å². The highest BCUT2D eigenvalue weighted by atomic mass is 19.1. The number of aryl methyl sites for hydroxylation is 1. The molecule has 6 nitrogen and oxygen atoms in total. The first-order chi connectivity index (χ1) is 17.9. The van der Waals surface area contributed by atoms with Crippen LogP contribution < -0.4 is 15.8 Å². The Bertz CT molecular complexity index is 1260. The van der Waals surface area contributed by atoms with E-state index in [2.05, 4.69) is 56.6 Å². The number of rotatable bonds is 9. The van der Waals surface area contributed by atoms with Crippen molar-refractivity contribution in [3.8, 4) is 0 Å². The first-order valence-electron chi connectivity index (χ1n) is 13.7. The van der Waals surface area contributed by atoms with Crippen LogP contribution in [0.25, 0.3) is 17.7 Å². The Balaban J connectivity index is 1.28. The number of piperidine rings is 1. The number of nitrogens with one attached hydrogen (secondary N) is 1. The van der Waals surface area contributed by atoms with E-state index in [1.807, 2.05) is 31.0 Å². The monoisotopic (exact) mass is 504 g/mol. The number of pyridine rings is 1. The predicted octanol–water partition coefficient (Wildman–Crippen LogP) is 3.70. The Hall–Kier alpha value is -2.77. The van der Waals surface area contributed by atoms with E-state index >= 15 is 0 Å². The molecule has 2 aromatic heterocycles. The lowest BCUT2D eigenvalue weighted by atomic mass is 9.57. The van der Waals surface area contributed by atoms with Crippen LogP contribution in [0.1, 0.15) is 50.3 Å². The van der Waals surface area contributed by atoms with Gasteiger partial charge in [0.25, 0.3) is 0 Å². The summed E-state index contributed by atoms with van der Waals surface area (Å²) < 4.78 is 14.6. The van der Waals surface area contributed by atoms with E-state index in [0.29, 0.717) is 17.9 Å². The van der Waals surface area contributed by atoms with Gasteiger partial charge in [-0.05, 0) is 85.2 Å². The predicted molar refractivity (Wildman–Crippen MR) is 150 cm³/mol. The largest absolute Gasteiger partial charge is 0.344 e. The van der Waals surface area contributed by atoms with Crippen molar-refractivity contribution in [1.29, 1.82) is 0 Å². The molecule has 0 bridgehead atoms. The fourth-order valence-electron chi connectivity index (χ4n) is 6.37. The second-order valence-electron chi connectivity index (χ2n) is 11.3. The van der Waals surface area contributed by atoms with Crippen LogP contribution in [0.3, 0.4) is 0 Å². The third-order valence-electron chi connectivity index (χ3n) is 8.50. The van der Waals surface area contributed by atoms with E-state index in [1.165, 1.54) is 25.0 Å². The Morgan fingerprint density at radius 3 is 2.59 bits per heavy atom. The first kappa shape index (κ1) is 25.9. The van der Waals surface area contributed by atoms with Crippen LogP contribution in [0.5, 0.6) is 0 Å². The van der Waals surface area contributed by atoms with E-state index in [-0.39, 0.29) is 6.67 Å². The molecule has 4 heterocycles. The molecule has 0 atom stereocenters. The SMILES string of the molecule is C=C(/C=c1/cc(NC(=C)C2CC3(C2)CN(CCF)C3)nc/c1=C/C)c1cnn(C)c1CN1CCCCC1. The van der Waals surface area contributed by atoms with Crippen molar-refractivity contribution in [1.82, 2.24) is 24.6 Å². The number of hydrogen-bond donors (Lipinski definition) is 1. The molecule has 0 radical (unpaired) electrons. The van der Waals surface area contributed by atoms with E-state index < -0.39 is 0 Å². The topological polar surface area (TPSA) is 49.2 Å². The standard InChI is InChI=1S/C30H41FN6/c1-5-24-17-32-29(34-23(3)26-15-30(16-26)20-37(21-30)12-9-31)14-25(24)13-22(2)27-18-33-35(4)28(27)19-36-10-7-6-8-11-36/h5,13-14,17-18,26,34H,2-3,6-12,15-16,19-21H2,1,4H3/b24-5-,25-13-. The summed E-state index contributed by atoms with van der Waals surface area (Å²) in [5, 5.41) is 10.2. The minimum atomic E-state index is -0.253. The smallest absolute Gasteiger partial charge is 0.130 e. The molecule has 3 aliphatic rings. The van der Waals surface area contributed by atoms with Gasteiger partial charge < -0.3 is 5.32 Å². The third kappa shape index (κ3) is 5.58. The van der Waals surface area contributed by atoms with Gasteiger partial charge in [-0.25, -0.2) is 9.37 Å². The third-order valence-corrected chi connectivity index (χ3v) is 8.50. The van der Waals surface area contributed by atoms with Gasteiger partial charge in [0.2, 0.25) is 0 Å². The number of halogens is 1. The quantitative estimate of drug-likeness (QED) is 0.564. The molecular weight excluding hydrogens is 463 g/mol. The lowest BCUT2D eigenvalue weighted by Crippen LogP contribution is -2.62. The summed E-state index contributed by atoms with van der Waals surface area (Å²) in [6, 6.07) is 2.09. The molecule has 198 valence electrons. The molecule has 7 heteroatoms. The molecule has 0 amide bonds. The zero-order valence-electron chi connectivity index (χ0n) is 22.5. The molecule has 5 rings (SSSR count). The summed E-state index contributed by atoms with van der Waals surface area (Å²) in [5.74, 6) is 1.25. The molecule has 37 heavy (non-hydrogen) atoms. The lowest BCUT2D eigenvalue weighted by Gasteiger charge is -2.59. The maximum Gasteiger partial charge on any atom is 0.130 e. The summed E-state index contributed by atoms with van der Waals surface area (Å²) in [4.78, 5) is 9.39. The molecule has 1 saturated carbocycles. The van der Waals surface area contributed by atoms with Gasteiger partial charge in [0.15, 0.2) is 0 Å². The van der Waals surface area contributed by atoms with Gasteiger partial charge in [0.1, 0.15) is 12.5 Å². The average Bonchev–Trinajstić information content (AvgIpc) is 3.20. The summed E-state index contributed by atoms with van der Waals surface area (Å²) in [6.45, 7) is 16.4. The zero-order valence-corrected chi connectivity index (χ0v) is 22.5. The Labute approximate surface area is 220 Å². The molecule has 0 unspecified atom stereocenters. The van der Waals surface area contributed by atoms with Crippen molar-refractivity contribution in [2.45, 2.75) is 45.6 Å². The van der Waals surface area contributed by atoms with Crippen molar-refractivity contribution in [2.75, 3.05) is 44.7 Å². The Morgan fingerprint density at radius 1 is 1.14 bits per heavy atom. The highest BCUT2D eigenvalue weighted by molar-refractivity contribution is 5.87. The van der Waals surface area contributed by atoms with Gasteiger partial charge >= 0.3 is 0 Å². The normalized spacial score (nSPS) is 21.2. The maximum atomic E-state index is 12.6. The van der Waals surface area contributed by atoms with Crippen LogP contribution in [-0.2, 0) is 13.6 Å². The van der Waals surface area contributed by atoms with Gasteiger partial charge in [0, 0.05) is 50.7 Å². The van der Waals surface area contributed by atoms with Crippen LogP contribution in [0.4, 0.5) is 10.2 Å². The van der Waals surface area contributed by atoms with Crippen molar-refractivity contribution in [3.05, 3.63) is 59.0 Å². The van der Waals surface area contributed by atoms with Crippen LogP contribution in [0.15, 0.2) is 37.3 Å². The van der Waals surface area contributed by atoms with Crippen molar-refractivity contribution >= 4 is 23.5 Å². The molecular formula is C30H41FN6. The van der Waals surface area contributed by atoms with E-state index in [1.54, 1.807) is 0 Å². The summed E-state index contributed by atoms with van der Waals surface area (Å²) >= 11 is 0. The fourth-order valence-corrected chi connectivity index (χ4v) is 6.37. The molecule has 1 spiro atoms. The number of anilines is 1. The minimum absolute atomic E-state index is 0.253. The Kier molecular flexibility index (Phi) is 7.63. The highest BCUT2D eigenvalue weighted by Crippen LogP contribution is 2.53. The number of aromatic nitrogens is 3. The number of alkyl halides is 1. The van der Waals surface area contributed by atoms with Gasteiger partial charge in [0.05, 0.1) is 11.9 Å². The summed E-state index contributed by atoms with van der Waals surface area (Å²) in [6.07, 6.45) is 14.2. The molecule has 1 aliphatic carbocycles. The lowest BCUT2D eigenvalue weighted by molar-refractivity contribution is -0.0851. The van der Waals surface area contributed by atoms with Crippen LogP contribution in [-0.4, -0.2) is 64.0 Å². The molecule has 3 fully saturated rings. The van der Waals surface area contributed by atoms with E-state index in [9.17, 15) is 4.39 Å². The minimum Gasteiger partial charge on any atom is -0.344 e. The number of nitrogens with zero attached hydrogens (tertiary/aromatic N) is 5. The zero-order chi connectivity index (χ0) is 26.0. The van der Waals surface area contributed by atoms with Gasteiger partial charge in [-0.2, -0.15) is 5.10 Å². The van der Waals surface area contributed by atoms with E-state index in [0.717, 1.165) is 78.7 Å².